The molecular weight excluding hydrogens is 644 g/mol. The van der Waals surface area contributed by atoms with Gasteiger partial charge in [0.1, 0.15) is 9.75 Å². The Hall–Kier alpha value is -4.12. The molecule has 10 nitrogen and oxygen atoms in total. The zero-order valence-corrected chi connectivity index (χ0v) is 31.7. The first kappa shape index (κ1) is 39.3. The second-order valence-corrected chi connectivity index (χ2v) is 16.2. The number of nitrogens with zero attached hydrogens (tertiary/aromatic N) is 2. The third kappa shape index (κ3) is 8.20. The molecule has 0 aliphatic heterocycles. The van der Waals surface area contributed by atoms with Crippen LogP contribution in [0, 0.1) is 20.2 Å². The highest BCUT2D eigenvalue weighted by Gasteiger charge is 2.36. The van der Waals surface area contributed by atoms with E-state index >= 15 is 0 Å². The highest BCUT2D eigenvalue weighted by atomic mass is 32.1. The SMILES string of the molecule is CCC(C)(C)c1cc([N+](=O)[O-])c(OC(=O)c2ccc(C(=O)Oc3c([N+](=O)[O-])cc(C(C)(C)CC)cc3C(C)(C)CC)s2)c(C(C)(C)CC)c1. The summed E-state index contributed by atoms with van der Waals surface area (Å²) in [7, 11) is 0. The van der Waals surface area contributed by atoms with Crippen molar-refractivity contribution in [3.63, 3.8) is 0 Å². The Labute approximate surface area is 293 Å². The number of nitro benzene ring substituents is 2. The molecule has 0 amide bonds. The first-order valence-electron chi connectivity index (χ1n) is 16.8. The van der Waals surface area contributed by atoms with Crippen LogP contribution >= 0.6 is 11.3 Å². The number of thiophene rings is 1. The number of nitro groups is 2. The number of ether oxygens (including phenoxy) is 2. The molecule has 0 N–H and O–H groups in total. The minimum atomic E-state index is -0.868. The predicted octanol–water partition coefficient (Wildman–Crippen LogP) is 10.8. The first-order chi connectivity index (χ1) is 22.6. The molecular formula is C38H50N2O8S. The molecule has 1 heterocycles. The van der Waals surface area contributed by atoms with Gasteiger partial charge < -0.3 is 9.47 Å². The summed E-state index contributed by atoms with van der Waals surface area (Å²) in [6.07, 6.45) is 2.73. The monoisotopic (exact) mass is 694 g/mol. The topological polar surface area (TPSA) is 139 Å². The van der Waals surface area contributed by atoms with Crippen LogP contribution in [-0.2, 0) is 21.7 Å². The Morgan fingerprint density at radius 3 is 1.16 bits per heavy atom. The minimum Gasteiger partial charge on any atom is -0.415 e. The molecule has 3 aromatic rings. The van der Waals surface area contributed by atoms with Gasteiger partial charge in [-0.15, -0.1) is 11.3 Å². The molecule has 266 valence electrons. The summed E-state index contributed by atoms with van der Waals surface area (Å²) in [5, 5.41) is 24.7. The van der Waals surface area contributed by atoms with Crippen LogP contribution in [-0.4, -0.2) is 21.8 Å². The van der Waals surface area contributed by atoms with Gasteiger partial charge in [0, 0.05) is 23.3 Å². The van der Waals surface area contributed by atoms with E-state index in [-0.39, 0.29) is 43.5 Å². The van der Waals surface area contributed by atoms with Crippen molar-refractivity contribution >= 4 is 34.7 Å². The van der Waals surface area contributed by atoms with Crippen molar-refractivity contribution in [2.75, 3.05) is 0 Å². The lowest BCUT2D eigenvalue weighted by atomic mass is 9.76. The number of benzene rings is 2. The van der Waals surface area contributed by atoms with E-state index in [4.69, 9.17) is 9.47 Å². The van der Waals surface area contributed by atoms with Crippen molar-refractivity contribution in [1.29, 1.82) is 0 Å². The third-order valence-electron chi connectivity index (χ3n) is 10.5. The van der Waals surface area contributed by atoms with E-state index in [0.29, 0.717) is 24.0 Å². The lowest BCUT2D eigenvalue weighted by Gasteiger charge is -2.30. The van der Waals surface area contributed by atoms with Crippen LogP contribution in [0.4, 0.5) is 11.4 Å². The Balaban J connectivity index is 2.08. The Kier molecular flexibility index (Phi) is 11.5. The molecule has 11 heteroatoms. The molecule has 0 aliphatic carbocycles. The second kappa shape index (κ2) is 14.4. The molecule has 0 saturated heterocycles. The van der Waals surface area contributed by atoms with E-state index in [0.717, 1.165) is 35.3 Å². The van der Waals surface area contributed by atoms with Crippen LogP contribution in [0.2, 0.25) is 0 Å². The average Bonchev–Trinajstić information content (AvgIpc) is 3.55. The number of carbonyl (C=O) groups excluding carboxylic acids is 2. The van der Waals surface area contributed by atoms with E-state index in [1.54, 1.807) is 0 Å². The van der Waals surface area contributed by atoms with Crippen LogP contribution in [0.1, 0.15) is 150 Å². The van der Waals surface area contributed by atoms with Crippen molar-refractivity contribution in [3.05, 3.63) is 88.6 Å². The van der Waals surface area contributed by atoms with Gasteiger partial charge in [0.05, 0.1) is 9.85 Å². The first-order valence-corrected chi connectivity index (χ1v) is 17.6. The lowest BCUT2D eigenvalue weighted by molar-refractivity contribution is -0.385. The standard InChI is InChI=1S/C38H50N2O8S/c1-13-35(5,6)23-19-25(37(9,10)15-3)31(27(21-23)39(43)44)47-33(41)29-17-18-30(49-29)34(42)48-32-26(38(11,12)16-4)20-24(36(7,8)14-2)22-28(32)40(45)46/h17-22H,13-16H2,1-12H3. The molecule has 0 saturated carbocycles. The van der Waals surface area contributed by atoms with Crippen molar-refractivity contribution in [2.45, 2.75) is 130 Å². The summed E-state index contributed by atoms with van der Waals surface area (Å²) in [4.78, 5) is 50.7. The molecule has 3 rings (SSSR count). The highest BCUT2D eigenvalue weighted by molar-refractivity contribution is 7.15. The van der Waals surface area contributed by atoms with Crippen LogP contribution in [0.25, 0.3) is 0 Å². The summed E-state index contributed by atoms with van der Waals surface area (Å²) in [6, 6.07) is 9.46. The Morgan fingerprint density at radius 2 is 0.898 bits per heavy atom. The number of hydrogen-bond acceptors (Lipinski definition) is 9. The van der Waals surface area contributed by atoms with Gasteiger partial charge in [-0.1, -0.05) is 95.2 Å². The molecule has 0 fully saturated rings. The molecule has 0 radical (unpaired) electrons. The normalized spacial score (nSPS) is 12.5. The largest absolute Gasteiger partial charge is 0.415 e. The average molecular weight is 695 g/mol. The molecule has 0 aliphatic rings. The van der Waals surface area contributed by atoms with Crippen LogP contribution in [0.3, 0.4) is 0 Å². The Bertz CT molecular complexity index is 1640. The quantitative estimate of drug-likeness (QED) is 0.0703. The molecule has 0 atom stereocenters. The van der Waals surface area contributed by atoms with Gasteiger partial charge in [0.25, 0.3) is 0 Å². The summed E-state index contributed by atoms with van der Waals surface area (Å²) in [5.74, 6) is -2.00. The summed E-state index contributed by atoms with van der Waals surface area (Å²) in [5.41, 5.74) is 0.148. The van der Waals surface area contributed by atoms with Crippen molar-refractivity contribution in [3.8, 4) is 11.5 Å². The lowest BCUT2D eigenvalue weighted by Crippen LogP contribution is -2.23. The van der Waals surface area contributed by atoms with Crippen molar-refractivity contribution in [1.82, 2.24) is 0 Å². The van der Waals surface area contributed by atoms with E-state index in [9.17, 15) is 29.8 Å². The fourth-order valence-electron chi connectivity index (χ4n) is 5.13. The number of rotatable bonds is 14. The van der Waals surface area contributed by atoms with E-state index in [1.807, 2.05) is 95.2 Å². The maximum atomic E-state index is 13.5. The summed E-state index contributed by atoms with van der Waals surface area (Å²) in [6.45, 7) is 23.7. The van der Waals surface area contributed by atoms with Gasteiger partial charge in [-0.3, -0.25) is 20.2 Å². The van der Waals surface area contributed by atoms with Crippen LogP contribution in [0.5, 0.6) is 11.5 Å². The smallest absolute Gasteiger partial charge is 0.353 e. The molecule has 49 heavy (non-hydrogen) atoms. The van der Waals surface area contributed by atoms with Gasteiger partial charge in [-0.05, 0) is 70.6 Å². The second-order valence-electron chi connectivity index (χ2n) is 15.2. The highest BCUT2D eigenvalue weighted by Crippen LogP contribution is 2.46. The van der Waals surface area contributed by atoms with Crippen molar-refractivity contribution in [2.24, 2.45) is 0 Å². The number of carbonyl (C=O) groups is 2. The minimum absolute atomic E-state index is 0.0168. The number of hydrogen-bond donors (Lipinski definition) is 0. The predicted molar refractivity (Wildman–Crippen MR) is 194 cm³/mol. The Morgan fingerprint density at radius 1 is 0.592 bits per heavy atom. The fraction of sp³-hybridized carbons (Fsp3) is 0.526. The third-order valence-corrected chi connectivity index (χ3v) is 11.5. The van der Waals surface area contributed by atoms with Gasteiger partial charge in [-0.25, -0.2) is 9.59 Å². The zero-order chi connectivity index (χ0) is 37.3. The summed E-state index contributed by atoms with van der Waals surface area (Å²) >= 11 is 0.788. The molecule has 2 aromatic carbocycles. The molecule has 0 unspecified atom stereocenters. The molecule has 0 bridgehead atoms. The fourth-order valence-corrected chi connectivity index (χ4v) is 5.89. The van der Waals surface area contributed by atoms with E-state index < -0.39 is 32.6 Å². The van der Waals surface area contributed by atoms with Crippen molar-refractivity contribution < 1.29 is 28.9 Å². The maximum absolute atomic E-state index is 13.5. The number of esters is 2. The molecule has 1 aromatic heterocycles. The zero-order valence-electron chi connectivity index (χ0n) is 30.9. The van der Waals surface area contributed by atoms with Crippen LogP contribution in [0.15, 0.2) is 36.4 Å². The van der Waals surface area contributed by atoms with Crippen LogP contribution < -0.4 is 9.47 Å². The summed E-state index contributed by atoms with van der Waals surface area (Å²) < 4.78 is 11.6. The van der Waals surface area contributed by atoms with Gasteiger partial charge in [-0.2, -0.15) is 0 Å². The molecule has 0 spiro atoms. The van der Waals surface area contributed by atoms with E-state index in [1.165, 1.54) is 24.3 Å². The van der Waals surface area contributed by atoms with Gasteiger partial charge in [0.15, 0.2) is 0 Å². The van der Waals surface area contributed by atoms with Gasteiger partial charge in [0.2, 0.25) is 11.5 Å². The van der Waals surface area contributed by atoms with E-state index in [2.05, 4.69) is 0 Å². The van der Waals surface area contributed by atoms with Gasteiger partial charge >= 0.3 is 23.3 Å². The maximum Gasteiger partial charge on any atom is 0.353 e.